The largest absolute Gasteiger partial charge is 0.379 e. The van der Waals surface area contributed by atoms with Crippen molar-refractivity contribution in [1.82, 2.24) is 10.2 Å². The van der Waals surface area contributed by atoms with Gasteiger partial charge in [0.15, 0.2) is 0 Å². The number of hydrogen-bond donors (Lipinski definition) is 1. The molecule has 5 nitrogen and oxygen atoms in total. The number of benzene rings is 1. The summed E-state index contributed by atoms with van der Waals surface area (Å²) in [6.07, 6.45) is 0. The number of amides is 1. The van der Waals surface area contributed by atoms with Crippen molar-refractivity contribution in [1.29, 1.82) is 0 Å². The molecule has 0 spiro atoms. The second-order valence-electron chi connectivity index (χ2n) is 6.09. The van der Waals surface area contributed by atoms with Crippen LogP contribution in [0.25, 0.3) is 0 Å². The van der Waals surface area contributed by atoms with Gasteiger partial charge >= 0.3 is 0 Å². The van der Waals surface area contributed by atoms with Gasteiger partial charge in [0.1, 0.15) is 0 Å². The zero-order chi connectivity index (χ0) is 16.7. The van der Waals surface area contributed by atoms with Crippen molar-refractivity contribution in [2.45, 2.75) is 26.0 Å². The van der Waals surface area contributed by atoms with Gasteiger partial charge in [0.05, 0.1) is 32.0 Å². The van der Waals surface area contributed by atoms with Gasteiger partial charge in [-0.1, -0.05) is 23.7 Å². The van der Waals surface area contributed by atoms with Gasteiger partial charge in [0.2, 0.25) is 5.91 Å². The average molecular weight is 341 g/mol. The third kappa shape index (κ3) is 5.46. The lowest BCUT2D eigenvalue weighted by atomic mass is 10.0. The Morgan fingerprint density at radius 2 is 1.96 bits per heavy atom. The molecule has 2 rings (SSSR count). The van der Waals surface area contributed by atoms with Crippen LogP contribution >= 0.6 is 11.6 Å². The van der Waals surface area contributed by atoms with Crippen molar-refractivity contribution < 1.29 is 14.3 Å². The molecule has 0 saturated carbocycles. The Hall–Kier alpha value is -1.14. The molecule has 1 fully saturated rings. The minimum atomic E-state index is -0.528. The molecule has 0 atom stereocenters. The summed E-state index contributed by atoms with van der Waals surface area (Å²) in [5, 5.41) is 3.66. The number of nitrogens with one attached hydrogen (secondary N) is 1. The molecule has 0 aliphatic carbocycles. The van der Waals surface area contributed by atoms with E-state index in [2.05, 4.69) is 10.2 Å². The van der Waals surface area contributed by atoms with E-state index in [0.29, 0.717) is 38.0 Å². The molecule has 1 saturated heterocycles. The Kier molecular flexibility index (Phi) is 6.84. The van der Waals surface area contributed by atoms with Gasteiger partial charge in [0, 0.05) is 24.7 Å². The molecule has 0 bridgehead atoms. The predicted octanol–water partition coefficient (Wildman–Crippen LogP) is 2.08. The standard InChI is InChI=1S/C17H25ClN2O3/c1-17(2,20-8-11-22-12-9-20)16(21)19-7-10-23-13-14-3-5-15(18)6-4-14/h3-6H,7-13H2,1-2H3,(H,19,21). The van der Waals surface area contributed by atoms with Gasteiger partial charge in [-0.15, -0.1) is 0 Å². The van der Waals surface area contributed by atoms with Crippen molar-refractivity contribution in [2.75, 3.05) is 39.5 Å². The predicted molar refractivity (Wildman–Crippen MR) is 90.6 cm³/mol. The Balaban J connectivity index is 1.66. The summed E-state index contributed by atoms with van der Waals surface area (Å²) in [5.41, 5.74) is 0.536. The highest BCUT2D eigenvalue weighted by atomic mass is 35.5. The van der Waals surface area contributed by atoms with Crippen LogP contribution in [0.1, 0.15) is 19.4 Å². The number of carbonyl (C=O) groups is 1. The summed E-state index contributed by atoms with van der Waals surface area (Å²) in [5.74, 6) is 0.0227. The molecule has 0 radical (unpaired) electrons. The molecule has 0 aromatic heterocycles. The Morgan fingerprint density at radius 3 is 2.61 bits per heavy atom. The number of morpholine rings is 1. The average Bonchev–Trinajstić information content (AvgIpc) is 2.57. The molecule has 1 N–H and O–H groups in total. The van der Waals surface area contributed by atoms with E-state index in [1.165, 1.54) is 0 Å². The molecule has 23 heavy (non-hydrogen) atoms. The van der Waals surface area contributed by atoms with E-state index in [1.807, 2.05) is 38.1 Å². The molecule has 6 heteroatoms. The van der Waals surface area contributed by atoms with Gasteiger partial charge in [-0.2, -0.15) is 0 Å². The summed E-state index contributed by atoms with van der Waals surface area (Å²) in [4.78, 5) is 14.5. The number of carbonyl (C=O) groups excluding carboxylic acids is 1. The second kappa shape index (κ2) is 8.64. The molecule has 1 aromatic rings. The van der Waals surface area contributed by atoms with E-state index < -0.39 is 5.54 Å². The van der Waals surface area contributed by atoms with Crippen molar-refractivity contribution in [3.05, 3.63) is 34.9 Å². The van der Waals surface area contributed by atoms with Crippen molar-refractivity contribution in [3.63, 3.8) is 0 Å². The highest BCUT2D eigenvalue weighted by Crippen LogP contribution is 2.16. The van der Waals surface area contributed by atoms with Crippen LogP contribution in [0.4, 0.5) is 0 Å². The molecule has 1 aliphatic rings. The highest BCUT2D eigenvalue weighted by molar-refractivity contribution is 6.30. The van der Waals surface area contributed by atoms with Crippen molar-refractivity contribution in [3.8, 4) is 0 Å². The first-order chi connectivity index (χ1) is 11.0. The molecule has 1 aromatic carbocycles. The van der Waals surface area contributed by atoms with Crippen LogP contribution < -0.4 is 5.32 Å². The Morgan fingerprint density at radius 1 is 1.30 bits per heavy atom. The summed E-state index contributed by atoms with van der Waals surface area (Å²) in [6.45, 7) is 8.32. The third-order valence-corrected chi connectivity index (χ3v) is 4.32. The number of halogens is 1. The zero-order valence-electron chi connectivity index (χ0n) is 13.8. The van der Waals surface area contributed by atoms with Crippen LogP contribution in [-0.2, 0) is 20.9 Å². The molecule has 128 valence electrons. The van der Waals surface area contributed by atoms with E-state index in [0.717, 1.165) is 18.7 Å². The molecular formula is C17H25ClN2O3. The lowest BCUT2D eigenvalue weighted by Gasteiger charge is -2.39. The molecule has 0 unspecified atom stereocenters. The minimum absolute atomic E-state index is 0.0227. The monoisotopic (exact) mass is 340 g/mol. The van der Waals surface area contributed by atoms with Crippen molar-refractivity contribution in [2.24, 2.45) is 0 Å². The summed E-state index contributed by atoms with van der Waals surface area (Å²) in [7, 11) is 0. The number of hydrogen-bond acceptors (Lipinski definition) is 4. The fourth-order valence-corrected chi connectivity index (χ4v) is 2.62. The third-order valence-electron chi connectivity index (χ3n) is 4.07. The molecule has 1 amide bonds. The fourth-order valence-electron chi connectivity index (χ4n) is 2.49. The van der Waals surface area contributed by atoms with E-state index in [-0.39, 0.29) is 5.91 Å². The van der Waals surface area contributed by atoms with E-state index in [9.17, 15) is 4.79 Å². The normalized spacial score (nSPS) is 16.3. The van der Waals surface area contributed by atoms with E-state index in [4.69, 9.17) is 21.1 Å². The first-order valence-electron chi connectivity index (χ1n) is 7.93. The maximum absolute atomic E-state index is 12.4. The quantitative estimate of drug-likeness (QED) is 0.772. The molecular weight excluding hydrogens is 316 g/mol. The summed E-state index contributed by atoms with van der Waals surface area (Å²) in [6, 6.07) is 7.55. The number of rotatable bonds is 7. The van der Waals surface area contributed by atoms with Crippen LogP contribution in [0, 0.1) is 0 Å². The summed E-state index contributed by atoms with van der Waals surface area (Å²) >= 11 is 5.84. The van der Waals surface area contributed by atoms with Crippen LogP contribution in [0.3, 0.4) is 0 Å². The number of nitrogens with zero attached hydrogens (tertiary/aromatic N) is 1. The lowest BCUT2D eigenvalue weighted by molar-refractivity contribution is -0.134. The zero-order valence-corrected chi connectivity index (χ0v) is 14.6. The van der Waals surface area contributed by atoms with E-state index >= 15 is 0 Å². The van der Waals surface area contributed by atoms with Crippen LogP contribution in [0.15, 0.2) is 24.3 Å². The van der Waals surface area contributed by atoms with Crippen LogP contribution in [-0.4, -0.2) is 55.8 Å². The van der Waals surface area contributed by atoms with Gasteiger partial charge in [-0.3, -0.25) is 9.69 Å². The SMILES string of the molecule is CC(C)(C(=O)NCCOCc1ccc(Cl)cc1)N1CCOCC1. The van der Waals surface area contributed by atoms with Crippen LogP contribution in [0.2, 0.25) is 5.02 Å². The highest BCUT2D eigenvalue weighted by Gasteiger charge is 2.35. The van der Waals surface area contributed by atoms with Gasteiger partial charge in [0.25, 0.3) is 0 Å². The van der Waals surface area contributed by atoms with Crippen molar-refractivity contribution >= 4 is 17.5 Å². The topological polar surface area (TPSA) is 50.8 Å². The smallest absolute Gasteiger partial charge is 0.240 e. The maximum atomic E-state index is 12.4. The minimum Gasteiger partial charge on any atom is -0.379 e. The molecule has 1 aliphatic heterocycles. The van der Waals surface area contributed by atoms with Gasteiger partial charge in [-0.05, 0) is 31.5 Å². The maximum Gasteiger partial charge on any atom is 0.240 e. The van der Waals surface area contributed by atoms with E-state index in [1.54, 1.807) is 0 Å². The molecule has 1 heterocycles. The first-order valence-corrected chi connectivity index (χ1v) is 8.31. The van der Waals surface area contributed by atoms with Crippen LogP contribution in [0.5, 0.6) is 0 Å². The van der Waals surface area contributed by atoms with Gasteiger partial charge in [-0.25, -0.2) is 0 Å². The van der Waals surface area contributed by atoms with Gasteiger partial charge < -0.3 is 14.8 Å². The second-order valence-corrected chi connectivity index (χ2v) is 6.53. The fraction of sp³-hybridized carbons (Fsp3) is 0.588. The Bertz CT molecular complexity index is 499. The first kappa shape index (κ1) is 18.2. The summed E-state index contributed by atoms with van der Waals surface area (Å²) < 4.78 is 10.9. The Labute approximate surface area is 142 Å². The lowest BCUT2D eigenvalue weighted by Crippen LogP contribution is -2.58. The number of ether oxygens (including phenoxy) is 2.